The van der Waals surface area contributed by atoms with Gasteiger partial charge in [-0.1, -0.05) is 0 Å². The number of phenols is 2. The van der Waals surface area contributed by atoms with Crippen LogP contribution in [0.25, 0.3) is 55.7 Å². The van der Waals surface area contributed by atoms with E-state index in [0.717, 1.165) is 51.7 Å². The van der Waals surface area contributed by atoms with Gasteiger partial charge in [0.2, 0.25) is 5.28 Å². The lowest BCUT2D eigenvalue weighted by atomic mass is 10.1. The largest absolute Gasteiger partial charge is 0.508 e. The number of aliphatic hydroxyl groups excluding tert-OH is 2. The number of anilines is 1. The zero-order chi connectivity index (χ0) is 44.0. The van der Waals surface area contributed by atoms with Gasteiger partial charge in [-0.2, -0.15) is 24.2 Å². The van der Waals surface area contributed by atoms with Crippen molar-refractivity contribution in [3.05, 3.63) is 143 Å². The third-order valence-electron chi connectivity index (χ3n) is 9.87. The normalized spacial score (nSPS) is 11.2. The summed E-state index contributed by atoms with van der Waals surface area (Å²) >= 11 is 5.98. The number of nitrogens with one attached hydrogen (secondary N) is 3. The third-order valence-corrected chi connectivity index (χ3v) is 10.1. The summed E-state index contributed by atoms with van der Waals surface area (Å²) in [5.74, 6) is 0.454. The summed E-state index contributed by atoms with van der Waals surface area (Å²) in [4.78, 5) is 26.8. The quantitative estimate of drug-likeness (QED) is 0.0774. The highest BCUT2D eigenvalue weighted by Crippen LogP contribution is 2.27. The monoisotopic (exact) mass is 873 g/mol. The Morgan fingerprint density at radius 1 is 0.651 bits per heavy atom. The van der Waals surface area contributed by atoms with Gasteiger partial charge in [-0.15, -0.1) is 0 Å². The molecule has 17 nitrogen and oxygen atoms in total. The lowest BCUT2D eigenvalue weighted by Crippen LogP contribution is -2.10. The molecule has 0 amide bonds. The van der Waals surface area contributed by atoms with Gasteiger partial charge in [-0.25, -0.2) is 18.7 Å². The summed E-state index contributed by atoms with van der Waals surface area (Å²) in [6, 6.07) is 14.9. The fourth-order valence-electron chi connectivity index (χ4n) is 6.84. The number of nitrogens with two attached hydrogens (primary N) is 1. The Bertz CT molecular complexity index is 3210. The average molecular weight is 874 g/mol. The highest BCUT2D eigenvalue weighted by molar-refractivity contribution is 6.28. The van der Waals surface area contributed by atoms with E-state index in [0.29, 0.717) is 70.3 Å². The van der Waals surface area contributed by atoms with Gasteiger partial charge in [0, 0.05) is 81.5 Å². The Balaban J connectivity index is 0.000000144. The summed E-state index contributed by atoms with van der Waals surface area (Å²) in [6.07, 6.45) is 13.6. The summed E-state index contributed by atoms with van der Waals surface area (Å²) in [7, 11) is 0. The molecule has 0 saturated carbocycles. The summed E-state index contributed by atoms with van der Waals surface area (Å²) in [6.45, 7) is 0.775. The number of nitrogens with zero attached hydrogens (tertiary/aromatic N) is 9. The number of aromatic hydroxyl groups is 2. The average Bonchev–Trinajstić information content (AvgIpc) is 4.10. The number of phenolic OH excluding ortho intramolecular Hbond substituents is 2. The molecule has 0 radical (unpaired) electrons. The van der Waals surface area contributed by atoms with E-state index in [1.807, 2.05) is 24.5 Å². The first kappa shape index (κ1) is 42.1. The van der Waals surface area contributed by atoms with Crippen molar-refractivity contribution in [2.24, 2.45) is 5.73 Å². The maximum atomic E-state index is 13.7. The molecular weight excluding hydrogens is 836 g/mol. The third kappa shape index (κ3) is 9.21. The number of aromatic nitrogens is 11. The Kier molecular flexibility index (Phi) is 12.4. The second kappa shape index (κ2) is 18.6. The van der Waals surface area contributed by atoms with E-state index in [9.17, 15) is 29.2 Å². The minimum atomic E-state index is -0.493. The zero-order valence-electron chi connectivity index (χ0n) is 33.1. The van der Waals surface area contributed by atoms with Crippen LogP contribution in [-0.2, 0) is 26.1 Å². The Hall–Kier alpha value is -7.58. The van der Waals surface area contributed by atoms with Crippen molar-refractivity contribution < 1.29 is 29.2 Å². The van der Waals surface area contributed by atoms with E-state index >= 15 is 0 Å². The SMILES string of the molecule is NCCc1c[nH]c2ccc(O)cc12.OCc1cnn2c(Cl)nc(-c3cncc(F)c3)nc12.OCc1cnn2c(NCCc3c[nH]c4ccc(O)cc34)cc(-c3cncc(F)c3)nc12. The molecule has 320 valence electrons. The molecule has 8 heterocycles. The maximum absolute atomic E-state index is 13.7. The molecule has 9 N–H and O–H groups in total. The maximum Gasteiger partial charge on any atom is 0.227 e. The van der Waals surface area contributed by atoms with Crippen LogP contribution in [-0.4, -0.2) is 87.6 Å². The molecule has 0 spiro atoms. The molecule has 10 aromatic rings. The van der Waals surface area contributed by atoms with E-state index in [4.69, 9.17) is 17.3 Å². The molecule has 0 aliphatic heterocycles. The fourth-order valence-corrected chi connectivity index (χ4v) is 7.04. The number of benzene rings is 2. The Morgan fingerprint density at radius 2 is 1.22 bits per heavy atom. The summed E-state index contributed by atoms with van der Waals surface area (Å²) < 4.78 is 29.7. The molecule has 63 heavy (non-hydrogen) atoms. The van der Waals surface area contributed by atoms with Crippen molar-refractivity contribution in [3.63, 3.8) is 0 Å². The number of aliphatic hydroxyl groups is 2. The first-order valence-electron chi connectivity index (χ1n) is 19.4. The van der Waals surface area contributed by atoms with Gasteiger partial charge in [0.1, 0.15) is 29.0 Å². The topological polar surface area (TPSA) is 250 Å². The van der Waals surface area contributed by atoms with Crippen LogP contribution in [0.4, 0.5) is 14.6 Å². The number of halogens is 3. The molecule has 0 bridgehead atoms. The number of aromatic amines is 2. The van der Waals surface area contributed by atoms with Gasteiger partial charge in [-0.3, -0.25) is 9.97 Å². The van der Waals surface area contributed by atoms with Crippen LogP contribution in [0.5, 0.6) is 11.5 Å². The van der Waals surface area contributed by atoms with Gasteiger partial charge in [0.05, 0.1) is 43.7 Å². The van der Waals surface area contributed by atoms with Crippen LogP contribution < -0.4 is 11.1 Å². The molecule has 2 aromatic carbocycles. The van der Waals surface area contributed by atoms with E-state index < -0.39 is 11.6 Å². The van der Waals surface area contributed by atoms with Crippen LogP contribution in [0.3, 0.4) is 0 Å². The van der Waals surface area contributed by atoms with Crippen LogP contribution in [0, 0.1) is 11.6 Å². The number of H-pyrrole nitrogens is 2. The molecule has 10 rings (SSSR count). The van der Waals surface area contributed by atoms with E-state index in [1.165, 1.54) is 29.0 Å². The van der Waals surface area contributed by atoms with Gasteiger partial charge in [0.15, 0.2) is 17.1 Å². The smallest absolute Gasteiger partial charge is 0.227 e. The minimum absolute atomic E-state index is 0.0731. The van der Waals surface area contributed by atoms with Crippen molar-refractivity contribution in [2.75, 3.05) is 18.4 Å². The van der Waals surface area contributed by atoms with Crippen molar-refractivity contribution in [3.8, 4) is 34.1 Å². The predicted octanol–water partition coefficient (Wildman–Crippen LogP) is 6.11. The van der Waals surface area contributed by atoms with Crippen LogP contribution >= 0.6 is 11.6 Å². The molecule has 0 aliphatic rings. The van der Waals surface area contributed by atoms with E-state index in [-0.39, 0.29) is 30.1 Å². The second-order valence-corrected chi connectivity index (χ2v) is 14.4. The molecule has 8 aromatic heterocycles. The highest BCUT2D eigenvalue weighted by atomic mass is 35.5. The number of hydrogen-bond acceptors (Lipinski definition) is 13. The molecule has 0 saturated heterocycles. The number of rotatable bonds is 10. The molecule has 20 heteroatoms. The summed E-state index contributed by atoms with van der Waals surface area (Å²) in [5.41, 5.74) is 13.1. The lowest BCUT2D eigenvalue weighted by molar-refractivity contribution is 0.283. The first-order valence-corrected chi connectivity index (χ1v) is 19.7. The molecule has 0 atom stereocenters. The van der Waals surface area contributed by atoms with Crippen LogP contribution in [0.1, 0.15) is 22.3 Å². The molecule has 0 fully saturated rings. The predicted molar refractivity (Wildman–Crippen MR) is 232 cm³/mol. The van der Waals surface area contributed by atoms with Crippen LogP contribution in [0.2, 0.25) is 5.28 Å². The van der Waals surface area contributed by atoms with Crippen molar-refractivity contribution >= 4 is 50.5 Å². The van der Waals surface area contributed by atoms with Crippen molar-refractivity contribution in [2.45, 2.75) is 26.1 Å². The minimum Gasteiger partial charge on any atom is -0.508 e. The highest BCUT2D eigenvalue weighted by Gasteiger charge is 2.15. The lowest BCUT2D eigenvalue weighted by Gasteiger charge is -2.11. The molecular formula is C43H38ClF2N13O4. The van der Waals surface area contributed by atoms with Crippen molar-refractivity contribution in [1.82, 2.24) is 54.1 Å². The van der Waals surface area contributed by atoms with E-state index in [1.54, 1.807) is 47.2 Å². The molecule has 0 aliphatic carbocycles. The van der Waals surface area contributed by atoms with E-state index in [2.05, 4.69) is 50.4 Å². The molecule has 0 unspecified atom stereocenters. The first-order chi connectivity index (χ1) is 30.6. The van der Waals surface area contributed by atoms with Gasteiger partial charge in [0.25, 0.3) is 0 Å². The number of fused-ring (bicyclic) bond motifs is 4. The fraction of sp³-hybridized carbons (Fsp3) is 0.140. The zero-order valence-corrected chi connectivity index (χ0v) is 33.8. The second-order valence-electron chi connectivity index (χ2n) is 14.1. The van der Waals surface area contributed by atoms with Gasteiger partial charge >= 0.3 is 0 Å². The Labute approximate surface area is 360 Å². The number of hydrogen-bond donors (Lipinski definition) is 8. The Morgan fingerprint density at radius 3 is 1.83 bits per heavy atom. The standard InChI is InChI=1S/C22H19FN6O2.C11H7ClFN5O.C10H12N2O/c23-16-5-14(8-24-11-16)20-7-21(29-22(28-20)15(12-30)10-27-29)25-4-3-13-9-26-19-2-1-17(31)6-18(13)19;12-11-17-9(6-1-8(13)4-14-2-6)16-10-7(5-19)3-15-18(10)11;11-4-3-7-6-12-10-2-1-8(13)5-9(7)10/h1-2,5-11,25-26,30-31H,3-4,12H2;1-4,19H,5H2;1-2,5-6,12-13H,3-4,11H2. The van der Waals surface area contributed by atoms with Gasteiger partial charge < -0.3 is 41.4 Å². The van der Waals surface area contributed by atoms with Gasteiger partial charge in [-0.05, 0) is 90.6 Å². The van der Waals surface area contributed by atoms with Crippen molar-refractivity contribution in [1.29, 1.82) is 0 Å². The van der Waals surface area contributed by atoms with Crippen LogP contribution in [0.15, 0.2) is 104 Å². The summed E-state index contributed by atoms with van der Waals surface area (Å²) in [5, 5.41) is 51.6. The number of pyridine rings is 2.